The molecule has 1 heterocycles. The molecule has 0 saturated heterocycles. The zero-order valence-corrected chi connectivity index (χ0v) is 22.6. The van der Waals surface area contributed by atoms with E-state index >= 15 is 0 Å². The van der Waals surface area contributed by atoms with Gasteiger partial charge in [0.1, 0.15) is 12.6 Å². The first-order valence-corrected chi connectivity index (χ1v) is 13.9. The number of hydrogen-bond donors (Lipinski definition) is 1. The molecule has 2 atom stereocenters. The maximum Gasteiger partial charge on any atom is 0.244 e. The zero-order chi connectivity index (χ0) is 25.8. The lowest BCUT2D eigenvalue weighted by Crippen LogP contribution is -2.52. The number of carbonyl (C=O) groups is 2. The van der Waals surface area contributed by atoms with E-state index in [1.807, 2.05) is 38.1 Å². The van der Waals surface area contributed by atoms with E-state index in [2.05, 4.69) is 21.2 Å². The van der Waals surface area contributed by atoms with Gasteiger partial charge in [-0.3, -0.25) is 13.9 Å². The van der Waals surface area contributed by atoms with Gasteiger partial charge >= 0.3 is 0 Å². The summed E-state index contributed by atoms with van der Waals surface area (Å²) >= 11 is 3.39. The van der Waals surface area contributed by atoms with E-state index < -0.39 is 28.5 Å². The normalized spacial score (nSPS) is 14.2. The van der Waals surface area contributed by atoms with Crippen LogP contribution in [0.1, 0.15) is 32.8 Å². The Kier molecular flexibility index (Phi) is 8.65. The Hall–Kier alpha value is -2.79. The van der Waals surface area contributed by atoms with Crippen molar-refractivity contribution in [3.63, 3.8) is 0 Å². The van der Waals surface area contributed by atoms with Crippen molar-refractivity contribution in [1.29, 1.82) is 0 Å². The highest BCUT2D eigenvalue weighted by molar-refractivity contribution is 9.10. The van der Waals surface area contributed by atoms with Crippen molar-refractivity contribution < 1.29 is 27.5 Å². The van der Waals surface area contributed by atoms with Crippen LogP contribution in [0.5, 0.6) is 11.5 Å². The van der Waals surface area contributed by atoms with E-state index in [0.717, 1.165) is 27.0 Å². The van der Waals surface area contributed by atoms with Gasteiger partial charge in [0, 0.05) is 23.1 Å². The van der Waals surface area contributed by atoms with Crippen molar-refractivity contribution in [2.75, 3.05) is 23.9 Å². The molecule has 0 radical (unpaired) electrons. The lowest BCUT2D eigenvalue weighted by atomic mass is 10.1. The summed E-state index contributed by atoms with van der Waals surface area (Å²) in [7, 11) is -3.83. The van der Waals surface area contributed by atoms with Gasteiger partial charge in [0.05, 0.1) is 11.9 Å². The first-order valence-electron chi connectivity index (χ1n) is 11.2. The molecule has 0 bridgehead atoms. The number of nitrogens with one attached hydrogen (secondary N) is 1. The fourth-order valence-electron chi connectivity index (χ4n) is 3.49. The minimum absolute atomic E-state index is 0.0420. The molecule has 1 N–H and O–H groups in total. The largest absolute Gasteiger partial charge is 0.454 e. The molecule has 190 valence electrons. The number of ether oxygens (including phenoxy) is 2. The van der Waals surface area contributed by atoms with E-state index in [9.17, 15) is 18.0 Å². The third-order valence-electron chi connectivity index (χ3n) is 5.76. The fourth-order valence-corrected chi connectivity index (χ4v) is 4.59. The average Bonchev–Trinajstić information content (AvgIpc) is 3.28. The summed E-state index contributed by atoms with van der Waals surface area (Å²) in [5.41, 5.74) is 1.07. The van der Waals surface area contributed by atoms with Crippen LogP contribution in [-0.4, -0.2) is 56.8 Å². The van der Waals surface area contributed by atoms with E-state index in [1.165, 1.54) is 11.0 Å². The average molecular weight is 568 g/mol. The molecule has 2 aromatic carbocycles. The maximum absolute atomic E-state index is 13.6. The summed E-state index contributed by atoms with van der Waals surface area (Å²) in [5.74, 6) is 0.0824. The number of anilines is 1. The molecule has 0 aromatic heterocycles. The molecule has 0 unspecified atom stereocenters. The Morgan fingerprint density at radius 1 is 1.09 bits per heavy atom. The molecule has 0 saturated carbocycles. The van der Waals surface area contributed by atoms with Crippen LogP contribution in [0, 0.1) is 0 Å². The van der Waals surface area contributed by atoms with E-state index in [-0.39, 0.29) is 31.0 Å². The molecule has 1 aliphatic heterocycles. The standard InChI is InChI=1S/C24H30BrN3O6S/c1-5-16(2)26-24(30)17(3)27(13-18-6-8-19(25)9-7-18)23(29)14-28(35(4,31)32)20-10-11-21-22(12-20)34-15-33-21/h6-12,16-17H,5,13-15H2,1-4H3,(H,26,30)/t16-,17+/m1/s1. The monoisotopic (exact) mass is 567 g/mol. The highest BCUT2D eigenvalue weighted by atomic mass is 79.9. The van der Waals surface area contributed by atoms with Gasteiger partial charge < -0.3 is 19.7 Å². The second kappa shape index (κ2) is 11.3. The van der Waals surface area contributed by atoms with Gasteiger partial charge in [-0.1, -0.05) is 35.0 Å². The molecular weight excluding hydrogens is 538 g/mol. The van der Waals surface area contributed by atoms with Crippen molar-refractivity contribution in [3.8, 4) is 11.5 Å². The third-order valence-corrected chi connectivity index (χ3v) is 7.43. The molecule has 0 aliphatic carbocycles. The Morgan fingerprint density at radius 3 is 2.37 bits per heavy atom. The van der Waals surface area contributed by atoms with Crippen molar-refractivity contribution in [1.82, 2.24) is 10.2 Å². The second-order valence-electron chi connectivity index (χ2n) is 8.45. The molecule has 2 aromatic rings. The summed E-state index contributed by atoms with van der Waals surface area (Å²) in [6.45, 7) is 5.18. The number of fused-ring (bicyclic) bond motifs is 1. The smallest absolute Gasteiger partial charge is 0.244 e. The molecule has 9 nitrogen and oxygen atoms in total. The number of hydrogen-bond acceptors (Lipinski definition) is 6. The maximum atomic E-state index is 13.6. The summed E-state index contributed by atoms with van der Waals surface area (Å²) in [6, 6.07) is 11.2. The highest BCUT2D eigenvalue weighted by Crippen LogP contribution is 2.36. The van der Waals surface area contributed by atoms with Crippen LogP contribution in [0.4, 0.5) is 5.69 Å². The SMILES string of the molecule is CC[C@@H](C)NC(=O)[C@H](C)N(Cc1ccc(Br)cc1)C(=O)CN(c1ccc2c(c1)OCO2)S(C)(=O)=O. The van der Waals surface area contributed by atoms with Gasteiger partial charge in [0.15, 0.2) is 11.5 Å². The summed E-state index contributed by atoms with van der Waals surface area (Å²) in [5, 5.41) is 2.90. The minimum Gasteiger partial charge on any atom is -0.454 e. The topological polar surface area (TPSA) is 105 Å². The zero-order valence-electron chi connectivity index (χ0n) is 20.2. The van der Waals surface area contributed by atoms with E-state index in [1.54, 1.807) is 19.1 Å². The lowest BCUT2D eigenvalue weighted by molar-refractivity contribution is -0.139. The van der Waals surface area contributed by atoms with Crippen LogP contribution in [0.25, 0.3) is 0 Å². The van der Waals surface area contributed by atoms with Crippen LogP contribution < -0.4 is 19.1 Å². The number of benzene rings is 2. The molecule has 2 amide bonds. The molecule has 1 aliphatic rings. The van der Waals surface area contributed by atoms with Crippen LogP contribution in [-0.2, 0) is 26.2 Å². The highest BCUT2D eigenvalue weighted by Gasteiger charge is 2.31. The summed E-state index contributed by atoms with van der Waals surface area (Å²) in [4.78, 5) is 27.9. The number of sulfonamides is 1. The van der Waals surface area contributed by atoms with Gasteiger partial charge in [-0.15, -0.1) is 0 Å². The molecule has 0 fully saturated rings. The summed E-state index contributed by atoms with van der Waals surface area (Å²) in [6.07, 6.45) is 1.77. The number of carbonyl (C=O) groups excluding carboxylic acids is 2. The van der Waals surface area contributed by atoms with Crippen molar-refractivity contribution in [2.45, 2.75) is 45.8 Å². The van der Waals surface area contributed by atoms with Gasteiger partial charge in [-0.05, 0) is 50.1 Å². The second-order valence-corrected chi connectivity index (χ2v) is 11.3. The van der Waals surface area contributed by atoms with Crippen LogP contribution in [0.2, 0.25) is 0 Å². The van der Waals surface area contributed by atoms with Gasteiger partial charge in [0.2, 0.25) is 28.6 Å². The lowest BCUT2D eigenvalue weighted by Gasteiger charge is -2.32. The number of halogens is 1. The molecular formula is C24H30BrN3O6S. The molecule has 11 heteroatoms. The van der Waals surface area contributed by atoms with Crippen molar-refractivity contribution in [2.24, 2.45) is 0 Å². The Bertz CT molecular complexity index is 1170. The fraction of sp³-hybridized carbons (Fsp3) is 0.417. The van der Waals surface area contributed by atoms with Gasteiger partial charge in [-0.25, -0.2) is 8.42 Å². The van der Waals surface area contributed by atoms with Crippen molar-refractivity contribution >= 4 is 43.5 Å². The van der Waals surface area contributed by atoms with E-state index in [4.69, 9.17) is 9.47 Å². The van der Waals surface area contributed by atoms with Crippen LogP contribution >= 0.6 is 15.9 Å². The summed E-state index contributed by atoms with van der Waals surface area (Å²) < 4.78 is 37.9. The Labute approximate surface area is 214 Å². The number of rotatable bonds is 10. The first-order chi connectivity index (χ1) is 16.5. The van der Waals surface area contributed by atoms with Gasteiger partial charge in [-0.2, -0.15) is 0 Å². The minimum atomic E-state index is -3.83. The third kappa shape index (κ3) is 6.88. The van der Waals surface area contributed by atoms with Gasteiger partial charge in [0.25, 0.3) is 0 Å². The van der Waals surface area contributed by atoms with Crippen LogP contribution in [0.3, 0.4) is 0 Å². The molecule has 0 spiro atoms. The predicted octanol–water partition coefficient (Wildman–Crippen LogP) is 3.28. The van der Waals surface area contributed by atoms with Crippen molar-refractivity contribution in [3.05, 3.63) is 52.5 Å². The Balaban J connectivity index is 1.90. The predicted molar refractivity (Wildman–Crippen MR) is 137 cm³/mol. The number of amides is 2. The van der Waals surface area contributed by atoms with Crippen LogP contribution in [0.15, 0.2) is 46.9 Å². The molecule has 35 heavy (non-hydrogen) atoms. The Morgan fingerprint density at radius 2 is 1.74 bits per heavy atom. The first kappa shape index (κ1) is 26.8. The quantitative estimate of drug-likeness (QED) is 0.472. The molecule has 3 rings (SSSR count). The van der Waals surface area contributed by atoms with E-state index in [0.29, 0.717) is 11.5 Å². The number of nitrogens with zero attached hydrogens (tertiary/aromatic N) is 2.